The number of fused-ring (bicyclic) bond motifs is 1. The molecule has 2 aromatic carbocycles. The molecule has 10 nitrogen and oxygen atoms in total. The van der Waals surface area contributed by atoms with Crippen molar-refractivity contribution in [3.63, 3.8) is 0 Å². The number of benzene rings is 2. The van der Waals surface area contributed by atoms with E-state index in [2.05, 4.69) is 0 Å². The lowest BCUT2D eigenvalue weighted by Crippen LogP contribution is -2.44. The van der Waals surface area contributed by atoms with Gasteiger partial charge in [-0.05, 0) is 66.8 Å². The molecule has 1 aliphatic carbocycles. The summed E-state index contributed by atoms with van der Waals surface area (Å²) in [5, 5.41) is 15.3. The molecule has 1 saturated carbocycles. The molecule has 2 heterocycles. The summed E-state index contributed by atoms with van der Waals surface area (Å²) in [5.74, 6) is 0.745. The van der Waals surface area contributed by atoms with E-state index in [9.17, 15) is 8.42 Å². The quantitative estimate of drug-likeness (QED) is 0.342. The maximum absolute atomic E-state index is 13.7. The number of nitrogens with two attached hydrogens (primary N) is 2. The number of hydrogen-bond donors (Lipinski definition) is 4. The monoisotopic (exact) mass is 511 g/mol. The molecular formula is C25H33N7O3S. The van der Waals surface area contributed by atoms with E-state index in [0.717, 1.165) is 37.7 Å². The first-order chi connectivity index (χ1) is 17.2. The number of anilines is 1. The molecule has 5 rings (SSSR count). The Morgan fingerprint density at radius 3 is 2.17 bits per heavy atom. The van der Waals surface area contributed by atoms with Gasteiger partial charge in [-0.1, -0.05) is 6.07 Å². The van der Waals surface area contributed by atoms with Gasteiger partial charge in [-0.15, -0.1) is 0 Å². The zero-order valence-corrected chi connectivity index (χ0v) is 21.0. The van der Waals surface area contributed by atoms with Crippen molar-refractivity contribution >= 4 is 27.6 Å². The van der Waals surface area contributed by atoms with E-state index in [0.29, 0.717) is 37.6 Å². The molecule has 0 amide bonds. The largest absolute Gasteiger partial charge is 0.490 e. The molecule has 0 atom stereocenters. The Morgan fingerprint density at radius 2 is 1.56 bits per heavy atom. The number of nitrogens with one attached hydrogen (secondary N) is 2. The minimum Gasteiger partial charge on any atom is -0.490 e. The van der Waals surface area contributed by atoms with E-state index in [4.69, 9.17) is 27.0 Å². The Balaban J connectivity index is 1.33. The van der Waals surface area contributed by atoms with Gasteiger partial charge in [0.25, 0.3) is 10.0 Å². The lowest BCUT2D eigenvalue weighted by molar-refractivity contribution is 0.130. The zero-order valence-electron chi connectivity index (χ0n) is 20.2. The van der Waals surface area contributed by atoms with Crippen LogP contribution in [-0.4, -0.2) is 61.9 Å². The van der Waals surface area contributed by atoms with Gasteiger partial charge in [-0.2, -0.15) is 0 Å². The number of hydrogen-bond acceptors (Lipinski definition) is 5. The minimum absolute atomic E-state index is 0.0103. The van der Waals surface area contributed by atoms with Crippen molar-refractivity contribution in [1.82, 2.24) is 9.80 Å². The van der Waals surface area contributed by atoms with E-state index < -0.39 is 10.0 Å². The number of guanidine groups is 2. The van der Waals surface area contributed by atoms with Gasteiger partial charge in [0.15, 0.2) is 11.9 Å². The van der Waals surface area contributed by atoms with Crippen LogP contribution in [0.25, 0.3) is 0 Å². The van der Waals surface area contributed by atoms with Crippen molar-refractivity contribution in [2.24, 2.45) is 11.5 Å². The predicted molar refractivity (Wildman–Crippen MR) is 139 cm³/mol. The van der Waals surface area contributed by atoms with Crippen LogP contribution in [0.1, 0.15) is 36.8 Å². The number of piperidine rings is 1. The van der Waals surface area contributed by atoms with Gasteiger partial charge >= 0.3 is 0 Å². The van der Waals surface area contributed by atoms with Gasteiger partial charge in [0.05, 0.1) is 10.6 Å². The highest BCUT2D eigenvalue weighted by atomic mass is 32.2. The summed E-state index contributed by atoms with van der Waals surface area (Å²) in [5.41, 5.74) is 14.1. The molecular weight excluding hydrogens is 478 g/mol. The highest BCUT2D eigenvalue weighted by molar-refractivity contribution is 7.92. The molecule has 11 heteroatoms. The summed E-state index contributed by atoms with van der Waals surface area (Å²) >= 11 is 0. The second-order valence-corrected chi connectivity index (χ2v) is 11.5. The number of ether oxygens (including phenoxy) is 1. The molecule has 2 aromatic rings. The average molecular weight is 512 g/mol. The van der Waals surface area contributed by atoms with Crippen LogP contribution in [0.4, 0.5) is 5.69 Å². The second-order valence-electron chi connectivity index (χ2n) is 9.70. The summed E-state index contributed by atoms with van der Waals surface area (Å²) < 4.78 is 35.1. The summed E-state index contributed by atoms with van der Waals surface area (Å²) in [6.07, 6.45) is 3.96. The molecule has 36 heavy (non-hydrogen) atoms. The van der Waals surface area contributed by atoms with Gasteiger partial charge in [0, 0.05) is 45.1 Å². The van der Waals surface area contributed by atoms with E-state index >= 15 is 0 Å². The first-order valence-corrected chi connectivity index (χ1v) is 13.8. The Bertz CT molecular complexity index is 1250. The van der Waals surface area contributed by atoms with Gasteiger partial charge in [-0.3, -0.25) is 15.1 Å². The molecule has 0 radical (unpaired) electrons. The van der Waals surface area contributed by atoms with Crippen LogP contribution in [-0.2, 0) is 23.0 Å². The summed E-state index contributed by atoms with van der Waals surface area (Å²) in [6.45, 7) is 2.55. The average Bonchev–Trinajstić information content (AvgIpc) is 3.69. The fraction of sp³-hybridized carbons (Fsp3) is 0.440. The molecule has 0 aromatic heterocycles. The fourth-order valence-corrected chi connectivity index (χ4v) is 6.65. The van der Waals surface area contributed by atoms with Crippen LogP contribution in [0.5, 0.6) is 5.75 Å². The third-order valence-corrected chi connectivity index (χ3v) is 9.04. The topological polar surface area (TPSA) is 153 Å². The molecule has 1 saturated heterocycles. The molecule has 2 aliphatic heterocycles. The Kier molecular flexibility index (Phi) is 6.42. The van der Waals surface area contributed by atoms with Crippen LogP contribution < -0.4 is 20.5 Å². The fourth-order valence-electron chi connectivity index (χ4n) is 4.95. The van der Waals surface area contributed by atoms with Crippen molar-refractivity contribution in [3.8, 4) is 5.75 Å². The van der Waals surface area contributed by atoms with E-state index in [1.807, 2.05) is 23.1 Å². The van der Waals surface area contributed by atoms with Crippen LogP contribution in [0.15, 0.2) is 47.4 Å². The first kappa shape index (κ1) is 24.2. The minimum atomic E-state index is -3.76. The zero-order chi connectivity index (χ0) is 25.4. The highest BCUT2D eigenvalue weighted by Crippen LogP contribution is 2.38. The number of likely N-dealkylation sites (tertiary alicyclic amines) is 1. The number of rotatable bonds is 6. The highest BCUT2D eigenvalue weighted by Gasteiger charge is 2.39. The summed E-state index contributed by atoms with van der Waals surface area (Å²) in [7, 11) is -3.76. The van der Waals surface area contributed by atoms with Crippen molar-refractivity contribution in [3.05, 3.63) is 53.6 Å². The maximum Gasteiger partial charge on any atom is 0.264 e. The third kappa shape index (κ3) is 4.92. The van der Waals surface area contributed by atoms with E-state index in [-0.39, 0.29) is 29.0 Å². The standard InChI is InChI=1S/C25H33N7O3S/c26-24(27)30-13-10-22(11-14-30)35-21-5-7-23(8-6-21)36(33,34)32(19-3-4-19)20-2-1-17-9-12-31(25(28)29)16-18(17)15-20/h1-2,5-8,15,19,22H,3-4,9-14,16H2,(H3,26,27)(H3,28,29). The van der Waals surface area contributed by atoms with Crippen LogP contribution >= 0.6 is 0 Å². The first-order valence-electron chi connectivity index (χ1n) is 12.3. The SMILES string of the molecule is N=C(N)N1CCC(Oc2ccc(S(=O)(=O)N(c3ccc4c(c3)CN(C(=N)N)CC4)C3CC3)cc2)CC1. The molecule has 0 bridgehead atoms. The normalized spacial score (nSPS) is 18.4. The molecule has 3 aliphatic rings. The molecule has 0 unspecified atom stereocenters. The van der Waals surface area contributed by atoms with Crippen molar-refractivity contribution in [1.29, 1.82) is 10.8 Å². The van der Waals surface area contributed by atoms with Gasteiger partial charge in [0.2, 0.25) is 0 Å². The molecule has 0 spiro atoms. The van der Waals surface area contributed by atoms with Crippen LogP contribution in [0.2, 0.25) is 0 Å². The number of sulfonamides is 1. The van der Waals surface area contributed by atoms with Crippen LogP contribution in [0, 0.1) is 10.8 Å². The van der Waals surface area contributed by atoms with Gasteiger partial charge in [0.1, 0.15) is 11.9 Å². The maximum atomic E-state index is 13.7. The van der Waals surface area contributed by atoms with Crippen molar-refractivity contribution in [2.75, 3.05) is 23.9 Å². The van der Waals surface area contributed by atoms with Gasteiger partial charge < -0.3 is 26.0 Å². The number of nitrogens with zero attached hydrogens (tertiary/aromatic N) is 3. The summed E-state index contributed by atoms with van der Waals surface area (Å²) in [6, 6.07) is 12.4. The Labute approximate surface area is 211 Å². The second kappa shape index (κ2) is 9.53. The molecule has 6 N–H and O–H groups in total. The van der Waals surface area contributed by atoms with Crippen molar-refractivity contribution in [2.45, 2.75) is 55.7 Å². The summed E-state index contributed by atoms with van der Waals surface area (Å²) in [4.78, 5) is 3.85. The third-order valence-electron chi connectivity index (χ3n) is 7.14. The lowest BCUT2D eigenvalue weighted by atomic mass is 9.99. The van der Waals surface area contributed by atoms with Crippen molar-refractivity contribution < 1.29 is 13.2 Å². The Hall–Kier alpha value is -3.47. The predicted octanol–water partition coefficient (Wildman–Crippen LogP) is 2.03. The van der Waals surface area contributed by atoms with E-state index in [1.165, 1.54) is 5.56 Å². The van der Waals surface area contributed by atoms with E-state index in [1.54, 1.807) is 33.5 Å². The molecule has 2 fully saturated rings. The smallest absolute Gasteiger partial charge is 0.264 e. The van der Waals surface area contributed by atoms with Gasteiger partial charge in [-0.25, -0.2) is 8.42 Å². The van der Waals surface area contributed by atoms with Crippen LogP contribution in [0.3, 0.4) is 0 Å². The Morgan fingerprint density at radius 1 is 0.889 bits per heavy atom. The lowest BCUT2D eigenvalue weighted by Gasteiger charge is -2.32. The molecule has 192 valence electrons.